The average molecular weight is 342 g/mol. The number of aromatic nitrogens is 2. The lowest BCUT2D eigenvalue weighted by molar-refractivity contribution is -0.116. The highest BCUT2D eigenvalue weighted by atomic mass is 79.9. The minimum Gasteiger partial charge on any atom is -0.494 e. The Morgan fingerprint density at radius 3 is 2.79 bits per heavy atom. The van der Waals surface area contributed by atoms with Crippen molar-refractivity contribution in [2.75, 3.05) is 11.9 Å². The smallest absolute Gasteiger partial charge is 0.226 e. The highest BCUT2D eigenvalue weighted by Crippen LogP contribution is 2.20. The molecule has 100 valence electrons. The second-order valence-corrected chi connectivity index (χ2v) is 5.93. The van der Waals surface area contributed by atoms with Crippen molar-refractivity contribution in [1.29, 1.82) is 0 Å². The Morgan fingerprint density at radius 2 is 2.11 bits per heavy atom. The van der Waals surface area contributed by atoms with Crippen LogP contribution in [0, 0.1) is 0 Å². The fourth-order valence-electron chi connectivity index (χ4n) is 1.38. The molecule has 0 aliphatic carbocycles. The van der Waals surface area contributed by atoms with Crippen LogP contribution in [0.5, 0.6) is 5.75 Å². The van der Waals surface area contributed by atoms with Crippen LogP contribution in [0.2, 0.25) is 0 Å². The van der Waals surface area contributed by atoms with Gasteiger partial charge in [0.15, 0.2) is 3.92 Å². The van der Waals surface area contributed by atoms with Gasteiger partial charge in [0.1, 0.15) is 5.75 Å². The fraction of sp³-hybridized carbons (Fsp3) is 0.250. The molecule has 1 aromatic carbocycles. The Morgan fingerprint density at radius 1 is 1.32 bits per heavy atom. The Hall–Kier alpha value is -1.47. The number of halogens is 1. The maximum Gasteiger partial charge on any atom is 0.226 e. The number of nitrogens with zero attached hydrogens (tertiary/aromatic N) is 2. The maximum atomic E-state index is 11.6. The summed E-state index contributed by atoms with van der Waals surface area (Å²) < 4.78 is 6.15. The number of carbonyl (C=O) groups excluding carboxylic acids is 1. The number of carbonyl (C=O) groups is 1. The van der Waals surface area contributed by atoms with Crippen molar-refractivity contribution in [3.63, 3.8) is 0 Å². The van der Waals surface area contributed by atoms with E-state index < -0.39 is 0 Å². The number of ether oxygens (including phenoxy) is 1. The molecule has 0 fully saturated rings. The molecular formula is C12H12BrN3O2S. The highest BCUT2D eigenvalue weighted by molar-refractivity contribution is 9.11. The van der Waals surface area contributed by atoms with Crippen LogP contribution < -0.4 is 10.1 Å². The summed E-state index contributed by atoms with van der Waals surface area (Å²) in [5.41, 5.74) is 0. The molecule has 2 rings (SSSR count). The van der Waals surface area contributed by atoms with Gasteiger partial charge in [-0.2, -0.15) is 0 Å². The molecule has 0 aliphatic rings. The SMILES string of the molecule is O=C(CCCOc1ccccc1)Nc1nnc(Br)s1. The molecule has 2 aromatic rings. The molecule has 1 heterocycles. The predicted octanol–water partition coefficient (Wildman–Crippen LogP) is 3.10. The Kier molecular flexibility index (Phi) is 5.29. The zero-order valence-electron chi connectivity index (χ0n) is 10.0. The number of rotatable bonds is 6. The fourth-order valence-corrected chi connectivity index (χ4v) is 2.40. The molecule has 19 heavy (non-hydrogen) atoms. The standard InChI is InChI=1S/C12H12BrN3O2S/c13-11-15-16-12(19-11)14-10(17)7-4-8-18-9-5-2-1-3-6-9/h1-3,5-6H,4,7-8H2,(H,14,16,17). The summed E-state index contributed by atoms with van der Waals surface area (Å²) in [7, 11) is 0. The maximum absolute atomic E-state index is 11.6. The summed E-state index contributed by atoms with van der Waals surface area (Å²) in [5, 5.41) is 10.7. The average Bonchev–Trinajstić information content (AvgIpc) is 2.81. The van der Waals surface area contributed by atoms with E-state index in [1.807, 2.05) is 30.3 Å². The van der Waals surface area contributed by atoms with Crippen molar-refractivity contribution in [1.82, 2.24) is 10.2 Å². The first-order chi connectivity index (χ1) is 9.24. The van der Waals surface area contributed by atoms with Crippen molar-refractivity contribution in [2.24, 2.45) is 0 Å². The molecule has 1 aromatic heterocycles. The monoisotopic (exact) mass is 341 g/mol. The lowest BCUT2D eigenvalue weighted by Crippen LogP contribution is -2.12. The van der Waals surface area contributed by atoms with Gasteiger partial charge in [0.05, 0.1) is 6.61 Å². The van der Waals surface area contributed by atoms with Gasteiger partial charge in [-0.15, -0.1) is 10.2 Å². The molecule has 0 atom stereocenters. The lowest BCUT2D eigenvalue weighted by Gasteiger charge is -2.05. The summed E-state index contributed by atoms with van der Waals surface area (Å²) in [5.74, 6) is 0.733. The van der Waals surface area contributed by atoms with Crippen molar-refractivity contribution in [3.05, 3.63) is 34.2 Å². The van der Waals surface area contributed by atoms with Crippen LogP contribution in [-0.2, 0) is 4.79 Å². The van der Waals surface area contributed by atoms with E-state index in [0.29, 0.717) is 28.5 Å². The van der Waals surface area contributed by atoms with E-state index in [-0.39, 0.29) is 5.91 Å². The van der Waals surface area contributed by atoms with Crippen LogP contribution in [0.4, 0.5) is 5.13 Å². The molecular weight excluding hydrogens is 330 g/mol. The number of amides is 1. The molecule has 5 nitrogen and oxygen atoms in total. The molecule has 0 unspecified atom stereocenters. The molecule has 1 amide bonds. The van der Waals surface area contributed by atoms with Crippen LogP contribution in [0.15, 0.2) is 34.2 Å². The van der Waals surface area contributed by atoms with Crippen molar-refractivity contribution >= 4 is 38.3 Å². The van der Waals surface area contributed by atoms with Gasteiger partial charge in [0, 0.05) is 6.42 Å². The highest BCUT2D eigenvalue weighted by Gasteiger charge is 2.06. The molecule has 7 heteroatoms. The number of hydrogen-bond acceptors (Lipinski definition) is 5. The van der Waals surface area contributed by atoms with Crippen LogP contribution in [0.25, 0.3) is 0 Å². The summed E-state index contributed by atoms with van der Waals surface area (Å²) in [6, 6.07) is 9.53. The Labute approximate surface area is 123 Å². The molecule has 0 saturated carbocycles. The third-order valence-corrected chi connectivity index (χ3v) is 3.48. The zero-order chi connectivity index (χ0) is 13.5. The van der Waals surface area contributed by atoms with E-state index in [2.05, 4.69) is 31.4 Å². The first-order valence-electron chi connectivity index (χ1n) is 5.71. The van der Waals surface area contributed by atoms with Gasteiger partial charge in [-0.3, -0.25) is 4.79 Å². The van der Waals surface area contributed by atoms with Gasteiger partial charge in [0.2, 0.25) is 11.0 Å². The molecule has 0 aliphatic heterocycles. The minimum absolute atomic E-state index is 0.0830. The van der Waals surface area contributed by atoms with E-state index in [0.717, 1.165) is 5.75 Å². The van der Waals surface area contributed by atoms with Gasteiger partial charge in [-0.25, -0.2) is 0 Å². The summed E-state index contributed by atoms with van der Waals surface area (Å²) >= 11 is 4.47. The number of benzene rings is 1. The first kappa shape index (κ1) is 14.0. The minimum atomic E-state index is -0.0830. The number of anilines is 1. The summed E-state index contributed by atoms with van der Waals surface area (Å²) in [6.07, 6.45) is 1.05. The van der Waals surface area contributed by atoms with Crippen molar-refractivity contribution in [3.8, 4) is 5.75 Å². The normalized spacial score (nSPS) is 10.2. The predicted molar refractivity (Wildman–Crippen MR) is 77.4 cm³/mol. The van der Waals surface area contributed by atoms with E-state index in [9.17, 15) is 4.79 Å². The third kappa shape index (κ3) is 4.96. The van der Waals surface area contributed by atoms with E-state index in [1.165, 1.54) is 11.3 Å². The van der Waals surface area contributed by atoms with Gasteiger partial charge >= 0.3 is 0 Å². The van der Waals surface area contributed by atoms with Gasteiger partial charge < -0.3 is 10.1 Å². The summed E-state index contributed by atoms with van der Waals surface area (Å²) in [6.45, 7) is 0.511. The molecule has 0 saturated heterocycles. The van der Waals surface area contributed by atoms with Crippen molar-refractivity contribution < 1.29 is 9.53 Å². The topological polar surface area (TPSA) is 64.1 Å². The second kappa shape index (κ2) is 7.20. The van der Waals surface area contributed by atoms with Crippen LogP contribution >= 0.6 is 27.3 Å². The van der Waals surface area contributed by atoms with Crippen LogP contribution in [-0.4, -0.2) is 22.7 Å². The number of nitrogens with one attached hydrogen (secondary N) is 1. The quantitative estimate of drug-likeness (QED) is 0.820. The number of hydrogen-bond donors (Lipinski definition) is 1. The van der Waals surface area contributed by atoms with E-state index in [4.69, 9.17) is 4.74 Å². The zero-order valence-corrected chi connectivity index (χ0v) is 12.4. The van der Waals surface area contributed by atoms with Gasteiger partial charge in [-0.05, 0) is 34.5 Å². The molecule has 0 bridgehead atoms. The Balaban J connectivity index is 1.64. The van der Waals surface area contributed by atoms with Crippen LogP contribution in [0.1, 0.15) is 12.8 Å². The van der Waals surface area contributed by atoms with Crippen molar-refractivity contribution in [2.45, 2.75) is 12.8 Å². The number of para-hydroxylation sites is 1. The lowest BCUT2D eigenvalue weighted by atomic mass is 10.3. The molecule has 0 radical (unpaired) electrons. The van der Waals surface area contributed by atoms with E-state index in [1.54, 1.807) is 0 Å². The largest absolute Gasteiger partial charge is 0.494 e. The Bertz CT molecular complexity index is 533. The van der Waals surface area contributed by atoms with Crippen LogP contribution in [0.3, 0.4) is 0 Å². The molecule has 0 spiro atoms. The van der Waals surface area contributed by atoms with E-state index >= 15 is 0 Å². The second-order valence-electron chi connectivity index (χ2n) is 3.67. The molecule has 1 N–H and O–H groups in total. The summed E-state index contributed by atoms with van der Waals surface area (Å²) in [4.78, 5) is 11.6. The third-order valence-electron chi connectivity index (χ3n) is 2.21. The van der Waals surface area contributed by atoms with Gasteiger partial charge in [-0.1, -0.05) is 29.5 Å². The van der Waals surface area contributed by atoms with Gasteiger partial charge in [0.25, 0.3) is 0 Å². The first-order valence-corrected chi connectivity index (χ1v) is 7.32.